The molecule has 3 aromatic rings. The molecule has 1 N–H and O–H groups in total. The van der Waals surface area contributed by atoms with E-state index in [-0.39, 0.29) is 23.9 Å². The number of sulfonamides is 1. The number of aryl methyl sites for hydroxylation is 2. The van der Waals surface area contributed by atoms with Gasteiger partial charge in [0.05, 0.1) is 11.4 Å². The van der Waals surface area contributed by atoms with E-state index in [9.17, 15) is 13.2 Å². The van der Waals surface area contributed by atoms with Crippen LogP contribution in [0.25, 0.3) is 0 Å². The summed E-state index contributed by atoms with van der Waals surface area (Å²) >= 11 is 0. The van der Waals surface area contributed by atoms with Gasteiger partial charge in [0, 0.05) is 12.2 Å². The second-order valence-corrected chi connectivity index (χ2v) is 8.92. The standard InChI is InChI=1S/C23H24N2O3S/c1-18-8-12-20(13-9-18)16-25(17-23(26)24-21-6-4-3-5-7-21)29(27,28)22-14-10-19(2)11-15-22/h3-15H,16-17H2,1-2H3,(H,24,26). The van der Waals surface area contributed by atoms with E-state index in [4.69, 9.17) is 0 Å². The van der Waals surface area contributed by atoms with E-state index in [0.29, 0.717) is 5.69 Å². The highest BCUT2D eigenvalue weighted by atomic mass is 32.2. The van der Waals surface area contributed by atoms with E-state index in [1.54, 1.807) is 36.4 Å². The Bertz CT molecular complexity index is 1060. The molecule has 3 aromatic carbocycles. The molecule has 0 unspecified atom stereocenters. The Hall–Kier alpha value is -2.96. The van der Waals surface area contributed by atoms with E-state index in [1.807, 2.05) is 56.3 Å². The molecule has 0 radical (unpaired) electrons. The van der Waals surface area contributed by atoms with Crippen LogP contribution in [0.15, 0.2) is 83.8 Å². The Morgan fingerprint density at radius 1 is 0.828 bits per heavy atom. The van der Waals surface area contributed by atoms with Crippen LogP contribution in [0, 0.1) is 13.8 Å². The summed E-state index contributed by atoms with van der Waals surface area (Å²) in [5.41, 5.74) is 3.50. The number of nitrogens with zero attached hydrogens (tertiary/aromatic N) is 1. The summed E-state index contributed by atoms with van der Waals surface area (Å²) in [6.45, 7) is 3.70. The monoisotopic (exact) mass is 408 g/mol. The highest BCUT2D eigenvalue weighted by molar-refractivity contribution is 7.89. The molecule has 0 heterocycles. The number of hydrogen-bond acceptors (Lipinski definition) is 3. The van der Waals surface area contributed by atoms with Crippen LogP contribution in [0.5, 0.6) is 0 Å². The van der Waals surface area contributed by atoms with Gasteiger partial charge in [-0.05, 0) is 43.7 Å². The molecule has 1 amide bonds. The predicted octanol–water partition coefficient (Wildman–Crippen LogP) is 4.13. The fraction of sp³-hybridized carbons (Fsp3) is 0.174. The van der Waals surface area contributed by atoms with Crippen molar-refractivity contribution in [3.05, 3.63) is 95.6 Å². The van der Waals surface area contributed by atoms with Crippen LogP contribution >= 0.6 is 0 Å². The molecule has 0 aliphatic heterocycles. The van der Waals surface area contributed by atoms with Gasteiger partial charge < -0.3 is 5.32 Å². The molecule has 5 nitrogen and oxygen atoms in total. The number of rotatable bonds is 7. The maximum absolute atomic E-state index is 13.2. The average molecular weight is 409 g/mol. The van der Waals surface area contributed by atoms with Crippen LogP contribution in [0.1, 0.15) is 16.7 Å². The fourth-order valence-electron chi connectivity index (χ4n) is 2.86. The summed E-state index contributed by atoms with van der Waals surface area (Å²) in [6, 6.07) is 23.2. The molecule has 0 bridgehead atoms. The zero-order valence-corrected chi connectivity index (χ0v) is 17.3. The Kier molecular flexibility index (Phi) is 6.46. The molecule has 29 heavy (non-hydrogen) atoms. The van der Waals surface area contributed by atoms with Crippen LogP contribution in [0.3, 0.4) is 0 Å². The van der Waals surface area contributed by atoms with Crippen molar-refractivity contribution in [1.82, 2.24) is 4.31 Å². The van der Waals surface area contributed by atoms with Crippen LogP contribution in [0.2, 0.25) is 0 Å². The Morgan fingerprint density at radius 3 is 1.97 bits per heavy atom. The first kappa shape index (κ1) is 20.8. The number of para-hydroxylation sites is 1. The molecule has 0 atom stereocenters. The van der Waals surface area contributed by atoms with Gasteiger partial charge in [0.1, 0.15) is 0 Å². The molecule has 6 heteroatoms. The number of nitrogens with one attached hydrogen (secondary N) is 1. The number of anilines is 1. The minimum absolute atomic E-state index is 0.110. The van der Waals surface area contributed by atoms with E-state index in [1.165, 1.54) is 4.31 Å². The minimum Gasteiger partial charge on any atom is -0.325 e. The zero-order chi connectivity index (χ0) is 20.9. The summed E-state index contributed by atoms with van der Waals surface area (Å²) in [5.74, 6) is -0.390. The molecule has 0 aromatic heterocycles. The molecule has 150 valence electrons. The van der Waals surface area contributed by atoms with Gasteiger partial charge in [-0.15, -0.1) is 0 Å². The average Bonchev–Trinajstić information content (AvgIpc) is 2.70. The zero-order valence-electron chi connectivity index (χ0n) is 16.5. The first-order chi connectivity index (χ1) is 13.8. The van der Waals surface area contributed by atoms with E-state index < -0.39 is 10.0 Å². The second kappa shape index (κ2) is 9.03. The highest BCUT2D eigenvalue weighted by Crippen LogP contribution is 2.19. The molecular weight excluding hydrogens is 384 g/mol. The molecular formula is C23H24N2O3S. The fourth-order valence-corrected chi connectivity index (χ4v) is 4.25. The van der Waals surface area contributed by atoms with Crippen LogP contribution in [0.4, 0.5) is 5.69 Å². The number of hydrogen-bond donors (Lipinski definition) is 1. The summed E-state index contributed by atoms with van der Waals surface area (Å²) < 4.78 is 27.7. The van der Waals surface area contributed by atoms with Crippen LogP contribution in [-0.4, -0.2) is 25.2 Å². The van der Waals surface area contributed by atoms with Gasteiger partial charge in [0.2, 0.25) is 15.9 Å². The first-order valence-corrected chi connectivity index (χ1v) is 10.8. The maximum Gasteiger partial charge on any atom is 0.243 e. The third-order valence-electron chi connectivity index (χ3n) is 4.52. The van der Waals surface area contributed by atoms with Crippen molar-refractivity contribution in [2.75, 3.05) is 11.9 Å². The Labute approximate surface area is 172 Å². The van der Waals surface area contributed by atoms with Crippen molar-refractivity contribution in [1.29, 1.82) is 0 Å². The molecule has 0 saturated heterocycles. The molecule has 0 aliphatic carbocycles. The minimum atomic E-state index is -3.84. The number of benzene rings is 3. The van der Waals surface area contributed by atoms with Gasteiger partial charge in [-0.25, -0.2) is 8.42 Å². The van der Waals surface area contributed by atoms with Crippen molar-refractivity contribution in [2.45, 2.75) is 25.3 Å². The quantitative estimate of drug-likeness (QED) is 0.639. The predicted molar refractivity (Wildman–Crippen MR) is 115 cm³/mol. The summed E-state index contributed by atoms with van der Waals surface area (Å²) in [6.07, 6.45) is 0. The molecule has 0 aliphatic rings. The lowest BCUT2D eigenvalue weighted by molar-refractivity contribution is -0.116. The molecule has 0 spiro atoms. The maximum atomic E-state index is 13.2. The van der Waals surface area contributed by atoms with Crippen molar-refractivity contribution in [3.63, 3.8) is 0 Å². The van der Waals surface area contributed by atoms with E-state index in [0.717, 1.165) is 16.7 Å². The highest BCUT2D eigenvalue weighted by Gasteiger charge is 2.27. The van der Waals surface area contributed by atoms with Gasteiger partial charge in [0.25, 0.3) is 0 Å². The summed E-state index contributed by atoms with van der Waals surface area (Å²) in [5, 5.41) is 2.75. The molecule has 0 saturated carbocycles. The van der Waals surface area contributed by atoms with Crippen molar-refractivity contribution in [2.24, 2.45) is 0 Å². The van der Waals surface area contributed by atoms with Crippen molar-refractivity contribution >= 4 is 21.6 Å². The SMILES string of the molecule is Cc1ccc(CN(CC(=O)Nc2ccccc2)S(=O)(=O)c2ccc(C)cc2)cc1. The van der Waals surface area contributed by atoms with Crippen LogP contribution < -0.4 is 5.32 Å². The number of carbonyl (C=O) groups is 1. The van der Waals surface area contributed by atoms with Gasteiger partial charge in [0.15, 0.2) is 0 Å². The first-order valence-electron chi connectivity index (χ1n) is 9.32. The Balaban J connectivity index is 1.87. The lowest BCUT2D eigenvalue weighted by Gasteiger charge is -2.22. The van der Waals surface area contributed by atoms with E-state index in [2.05, 4.69) is 5.32 Å². The number of carbonyl (C=O) groups excluding carboxylic acids is 1. The van der Waals surface area contributed by atoms with Crippen molar-refractivity contribution < 1.29 is 13.2 Å². The summed E-state index contributed by atoms with van der Waals surface area (Å²) in [4.78, 5) is 12.8. The van der Waals surface area contributed by atoms with Crippen LogP contribution in [-0.2, 0) is 21.4 Å². The third-order valence-corrected chi connectivity index (χ3v) is 6.32. The number of amides is 1. The molecule has 0 fully saturated rings. The lowest BCUT2D eigenvalue weighted by Crippen LogP contribution is -2.37. The summed E-state index contributed by atoms with van der Waals surface area (Å²) in [7, 11) is -3.84. The third kappa shape index (κ3) is 5.53. The smallest absolute Gasteiger partial charge is 0.243 e. The van der Waals surface area contributed by atoms with Gasteiger partial charge >= 0.3 is 0 Å². The van der Waals surface area contributed by atoms with Crippen molar-refractivity contribution in [3.8, 4) is 0 Å². The topological polar surface area (TPSA) is 66.5 Å². The molecule has 3 rings (SSSR count). The lowest BCUT2D eigenvalue weighted by atomic mass is 10.1. The normalized spacial score (nSPS) is 11.4. The van der Waals surface area contributed by atoms with Gasteiger partial charge in [-0.2, -0.15) is 4.31 Å². The van der Waals surface area contributed by atoms with E-state index >= 15 is 0 Å². The largest absolute Gasteiger partial charge is 0.325 e. The second-order valence-electron chi connectivity index (χ2n) is 6.99. The van der Waals surface area contributed by atoms with Gasteiger partial charge in [-0.3, -0.25) is 4.79 Å². The Morgan fingerprint density at radius 2 is 1.38 bits per heavy atom. The van der Waals surface area contributed by atoms with Gasteiger partial charge in [-0.1, -0.05) is 65.7 Å².